The third kappa shape index (κ3) is 7.65. The van der Waals surface area contributed by atoms with Gasteiger partial charge in [0.25, 0.3) is 5.91 Å². The Morgan fingerprint density at radius 1 is 1.12 bits per heavy atom. The molecule has 1 atom stereocenters. The van der Waals surface area contributed by atoms with Gasteiger partial charge < -0.3 is 15.6 Å². The number of nitrogens with two attached hydrogens (primary N) is 1. The Bertz CT molecular complexity index is 1650. The second-order valence-electron chi connectivity index (χ2n) is 8.94. The van der Waals surface area contributed by atoms with Gasteiger partial charge in [-0.05, 0) is 59.0 Å². The molecule has 0 fully saturated rings. The van der Waals surface area contributed by atoms with E-state index < -0.39 is 27.8 Å². The quantitative estimate of drug-likeness (QED) is 0.249. The van der Waals surface area contributed by atoms with E-state index in [0.29, 0.717) is 22.8 Å². The number of rotatable bonds is 8. The molecule has 0 aliphatic carbocycles. The third-order valence-corrected chi connectivity index (χ3v) is 9.41. The van der Waals surface area contributed by atoms with Crippen LogP contribution in [0.1, 0.15) is 20.8 Å². The number of nitrogens with one attached hydrogen (secondary N) is 1. The SMILES string of the molecule is NCc1cccnc1.O=C(O)C1CN(C(=O)c2scc(CNCS(=O)(=O)c3ccc(Cl)cc3)c2Cl)c2ccccc2O1. The molecule has 2 aromatic carbocycles. The topological polar surface area (TPSA) is 152 Å². The van der Waals surface area contributed by atoms with Crippen molar-refractivity contribution >= 4 is 61.9 Å². The number of hydrogen-bond acceptors (Lipinski definition) is 9. The summed E-state index contributed by atoms with van der Waals surface area (Å²) in [6, 6.07) is 16.4. The predicted molar refractivity (Wildman–Crippen MR) is 162 cm³/mol. The van der Waals surface area contributed by atoms with Gasteiger partial charge >= 0.3 is 5.97 Å². The summed E-state index contributed by atoms with van der Waals surface area (Å²) >= 11 is 13.4. The van der Waals surface area contributed by atoms with Gasteiger partial charge in [-0.1, -0.05) is 41.4 Å². The van der Waals surface area contributed by atoms with Crippen molar-refractivity contribution in [2.24, 2.45) is 5.73 Å². The average Bonchev–Trinajstić information content (AvgIpc) is 3.36. The maximum Gasteiger partial charge on any atom is 0.346 e. The van der Waals surface area contributed by atoms with E-state index in [4.69, 9.17) is 33.7 Å². The Morgan fingerprint density at radius 2 is 1.86 bits per heavy atom. The van der Waals surface area contributed by atoms with Gasteiger partial charge in [0.1, 0.15) is 16.5 Å². The van der Waals surface area contributed by atoms with Crippen molar-refractivity contribution in [2.45, 2.75) is 24.1 Å². The van der Waals surface area contributed by atoms with Crippen molar-refractivity contribution < 1.29 is 27.9 Å². The van der Waals surface area contributed by atoms with Crippen LogP contribution in [-0.2, 0) is 27.7 Å². The summed E-state index contributed by atoms with van der Waals surface area (Å²) in [5.74, 6) is -1.69. The molecule has 42 heavy (non-hydrogen) atoms. The number of hydrogen-bond donors (Lipinski definition) is 3. The highest BCUT2D eigenvalue weighted by molar-refractivity contribution is 7.91. The van der Waals surface area contributed by atoms with Crippen LogP contribution in [0.5, 0.6) is 5.75 Å². The standard InChI is InChI=1S/C22H18Cl2N2O6S2.C6H8N2/c23-14-5-7-15(8-6-14)34(30,31)12-25-9-13-11-33-20(19(13)24)21(27)26-10-18(22(28)29)32-17-4-2-1-3-16(17)26;7-4-6-2-1-3-8-5-6/h1-8,11,18,25H,9-10,12H2,(H,28,29);1-3,5H,4,7H2. The number of fused-ring (bicyclic) bond motifs is 1. The first kappa shape index (κ1) is 31.4. The highest BCUT2D eigenvalue weighted by Crippen LogP contribution is 2.37. The molecule has 0 radical (unpaired) electrons. The number of aromatic nitrogens is 1. The van der Waals surface area contributed by atoms with E-state index in [1.165, 1.54) is 29.2 Å². The van der Waals surface area contributed by atoms with E-state index >= 15 is 0 Å². The molecule has 3 heterocycles. The molecule has 4 N–H and O–H groups in total. The first-order valence-electron chi connectivity index (χ1n) is 12.4. The molecule has 1 unspecified atom stereocenters. The fourth-order valence-electron chi connectivity index (χ4n) is 3.89. The number of carboxylic acids is 1. The van der Waals surface area contributed by atoms with Gasteiger partial charge in [-0.2, -0.15) is 0 Å². The molecule has 1 amide bonds. The van der Waals surface area contributed by atoms with Gasteiger partial charge in [0, 0.05) is 30.5 Å². The van der Waals surface area contributed by atoms with Crippen LogP contribution in [0.3, 0.4) is 0 Å². The molecule has 0 bridgehead atoms. The minimum Gasteiger partial charge on any atom is -0.478 e. The highest BCUT2D eigenvalue weighted by atomic mass is 35.5. The molecule has 4 aromatic rings. The first-order chi connectivity index (χ1) is 20.1. The van der Waals surface area contributed by atoms with Crippen molar-refractivity contribution in [3.8, 4) is 5.75 Å². The molecule has 0 saturated heterocycles. The van der Waals surface area contributed by atoms with Gasteiger partial charge in [-0.25, -0.2) is 13.2 Å². The second kappa shape index (κ2) is 14.1. The smallest absolute Gasteiger partial charge is 0.346 e. The van der Waals surface area contributed by atoms with Crippen molar-refractivity contribution in [1.29, 1.82) is 0 Å². The number of para-hydroxylation sites is 2. The summed E-state index contributed by atoms with van der Waals surface area (Å²) in [4.78, 5) is 30.4. The predicted octanol–water partition coefficient (Wildman–Crippen LogP) is 4.61. The molecule has 10 nitrogen and oxygen atoms in total. The molecule has 1 aliphatic heterocycles. The molecular weight excluding hydrogens is 623 g/mol. The molecule has 1 aliphatic rings. The van der Waals surface area contributed by atoms with Crippen LogP contribution in [0.25, 0.3) is 0 Å². The number of carboxylic acid groups (broad SMARTS) is 1. The number of anilines is 1. The summed E-state index contributed by atoms with van der Waals surface area (Å²) in [6.45, 7) is 0.521. The van der Waals surface area contributed by atoms with Crippen LogP contribution in [0.4, 0.5) is 5.69 Å². The van der Waals surface area contributed by atoms with Gasteiger partial charge in [-0.3, -0.25) is 20.0 Å². The summed E-state index contributed by atoms with van der Waals surface area (Å²) in [6.07, 6.45) is 2.29. The summed E-state index contributed by atoms with van der Waals surface area (Å²) in [5, 5.41) is 14.5. The van der Waals surface area contributed by atoms with Gasteiger partial charge in [0.05, 0.1) is 22.2 Å². The molecule has 220 valence electrons. The number of halogens is 2. The summed E-state index contributed by atoms with van der Waals surface area (Å²) in [5.41, 5.74) is 7.39. The van der Waals surface area contributed by atoms with E-state index in [9.17, 15) is 23.1 Å². The molecule has 5 rings (SSSR count). The van der Waals surface area contributed by atoms with Crippen LogP contribution in [0, 0.1) is 0 Å². The van der Waals surface area contributed by atoms with E-state index in [1.54, 1.807) is 42.0 Å². The minimum absolute atomic E-state index is 0.118. The lowest BCUT2D eigenvalue weighted by molar-refractivity contribution is -0.144. The normalized spacial score (nSPS) is 14.3. The van der Waals surface area contributed by atoms with Crippen LogP contribution in [0.2, 0.25) is 10.0 Å². The molecule has 14 heteroatoms. The molecular formula is C28H26Cl2N4O6S2. The average molecular weight is 650 g/mol. The zero-order valence-corrected chi connectivity index (χ0v) is 25.1. The molecule has 0 saturated carbocycles. The van der Waals surface area contributed by atoms with Crippen molar-refractivity contribution in [3.05, 3.63) is 104 Å². The number of benzene rings is 2. The minimum atomic E-state index is -3.59. The zero-order valence-electron chi connectivity index (χ0n) is 21.9. The largest absolute Gasteiger partial charge is 0.478 e. The third-order valence-electron chi connectivity index (χ3n) is 6.03. The number of carbonyl (C=O) groups excluding carboxylic acids is 1. The number of sulfone groups is 1. The number of carbonyl (C=O) groups is 2. The Kier molecular flexibility index (Phi) is 10.5. The maximum absolute atomic E-state index is 13.3. The number of thiophene rings is 1. The fourth-order valence-corrected chi connectivity index (χ4v) is 6.41. The molecule has 0 spiro atoms. The molecule has 2 aromatic heterocycles. The lowest BCUT2D eigenvalue weighted by atomic mass is 10.1. The summed E-state index contributed by atoms with van der Waals surface area (Å²) < 4.78 is 30.4. The lowest BCUT2D eigenvalue weighted by Crippen LogP contribution is -2.47. The van der Waals surface area contributed by atoms with E-state index in [1.807, 2.05) is 12.1 Å². The Labute approximate surface area is 256 Å². The second-order valence-corrected chi connectivity index (χ2v) is 12.6. The van der Waals surface area contributed by atoms with Crippen LogP contribution < -0.4 is 20.7 Å². The Morgan fingerprint density at radius 3 is 2.50 bits per heavy atom. The maximum atomic E-state index is 13.3. The number of ether oxygens (including phenoxy) is 1. The highest BCUT2D eigenvalue weighted by Gasteiger charge is 2.35. The van der Waals surface area contributed by atoms with Gasteiger partial charge in [-0.15, -0.1) is 11.3 Å². The zero-order chi connectivity index (χ0) is 30.3. The number of pyridine rings is 1. The van der Waals surface area contributed by atoms with Crippen molar-refractivity contribution in [2.75, 3.05) is 17.3 Å². The van der Waals surface area contributed by atoms with Crippen LogP contribution in [0.15, 0.2) is 83.3 Å². The lowest BCUT2D eigenvalue weighted by Gasteiger charge is -2.32. The first-order valence-corrected chi connectivity index (χ1v) is 15.7. The number of amides is 1. The summed E-state index contributed by atoms with van der Waals surface area (Å²) in [7, 11) is -3.59. The van der Waals surface area contributed by atoms with E-state index in [0.717, 1.165) is 16.9 Å². The van der Waals surface area contributed by atoms with Gasteiger partial charge in [0.2, 0.25) is 6.10 Å². The number of nitrogens with zero attached hydrogens (tertiary/aromatic N) is 2. The van der Waals surface area contributed by atoms with Crippen LogP contribution >= 0.6 is 34.5 Å². The van der Waals surface area contributed by atoms with Gasteiger partial charge in [0.15, 0.2) is 9.84 Å². The van der Waals surface area contributed by atoms with Crippen molar-refractivity contribution in [1.82, 2.24) is 10.3 Å². The monoisotopic (exact) mass is 648 g/mol. The Hall–Kier alpha value is -3.52. The van der Waals surface area contributed by atoms with Crippen molar-refractivity contribution in [3.63, 3.8) is 0 Å². The van der Waals surface area contributed by atoms with E-state index in [-0.39, 0.29) is 39.5 Å². The van der Waals surface area contributed by atoms with Crippen LogP contribution in [-0.4, -0.2) is 48.9 Å². The van der Waals surface area contributed by atoms with E-state index in [2.05, 4.69) is 10.3 Å². The Balaban J connectivity index is 0.000000437. The number of aliphatic carboxylic acids is 1. The fraction of sp³-hybridized carbons (Fsp3) is 0.179.